The van der Waals surface area contributed by atoms with E-state index in [1.165, 1.54) is 31.1 Å². The first-order valence-electron chi connectivity index (χ1n) is 11.9. The lowest BCUT2D eigenvalue weighted by Crippen LogP contribution is -2.68. The maximum absolute atomic E-state index is 13.8. The van der Waals surface area contributed by atoms with Gasteiger partial charge in [-0.25, -0.2) is 0 Å². The Kier molecular flexibility index (Phi) is 7.40. The number of Topliss-reactive ketones (excluding diaryl/α,β-unsaturated/α-hetero) is 2. The molecule has 0 saturated carbocycles. The van der Waals surface area contributed by atoms with Gasteiger partial charge in [0.05, 0.1) is 29.3 Å². The Labute approximate surface area is 236 Å². The molecule has 2 amide bonds. The second kappa shape index (κ2) is 9.93. The number of aromatic hydroxyl groups is 1. The van der Waals surface area contributed by atoms with E-state index in [0.717, 1.165) is 0 Å². The van der Waals surface area contributed by atoms with Gasteiger partial charge in [0.15, 0.2) is 17.1 Å². The maximum atomic E-state index is 13.8. The minimum atomic E-state index is -3.00. The van der Waals surface area contributed by atoms with Crippen molar-refractivity contribution in [3.63, 3.8) is 0 Å². The molecule has 0 fully saturated rings. The monoisotopic (exact) mass is 625 g/mol. The first kappa shape index (κ1) is 29.1. The van der Waals surface area contributed by atoms with Crippen molar-refractivity contribution in [2.24, 2.45) is 17.6 Å². The lowest BCUT2D eigenvalue weighted by Gasteiger charge is -2.53. The number of hydrogen-bond donors (Lipinski definition) is 8. The Bertz CT molecular complexity index is 1380. The summed E-state index contributed by atoms with van der Waals surface area (Å²) in [6.45, 7) is 1.61. The number of alkyl halides is 1. The summed E-state index contributed by atoms with van der Waals surface area (Å²) in [5.41, 5.74) is 0.682. The van der Waals surface area contributed by atoms with Crippen LogP contribution >= 0.6 is 28.6 Å². The van der Waals surface area contributed by atoms with E-state index in [9.17, 15) is 44.7 Å². The van der Waals surface area contributed by atoms with E-state index in [4.69, 9.17) is 5.73 Å². The van der Waals surface area contributed by atoms with Crippen molar-refractivity contribution in [2.75, 3.05) is 25.2 Å². The van der Waals surface area contributed by atoms with Crippen LogP contribution in [-0.4, -0.2) is 96.2 Å². The van der Waals surface area contributed by atoms with Gasteiger partial charge < -0.3 is 36.6 Å². The molecule has 4 rings (SSSR count). The van der Waals surface area contributed by atoms with Crippen molar-refractivity contribution in [1.29, 1.82) is 0 Å². The zero-order valence-electron chi connectivity index (χ0n) is 21.0. The number of nitrogens with one attached hydrogen (secondary N) is 1. The number of carbonyl (C=O) groups is 4. The number of ketones is 2. The normalized spacial score (nSPS) is 31.0. The third-order valence-electron chi connectivity index (χ3n) is 7.83. The molecule has 6 unspecified atom stereocenters. The van der Waals surface area contributed by atoms with Gasteiger partial charge in [-0.1, -0.05) is 28.9 Å². The van der Waals surface area contributed by atoms with Gasteiger partial charge in [0, 0.05) is 17.2 Å². The van der Waals surface area contributed by atoms with Crippen molar-refractivity contribution in [3.8, 4) is 5.75 Å². The van der Waals surface area contributed by atoms with Crippen LogP contribution in [0.4, 0.5) is 5.69 Å². The van der Waals surface area contributed by atoms with Gasteiger partial charge in [0.25, 0.3) is 5.91 Å². The van der Waals surface area contributed by atoms with Crippen LogP contribution in [-0.2, 0) is 14.4 Å². The van der Waals surface area contributed by atoms with Gasteiger partial charge in [-0.3, -0.25) is 24.1 Å². The van der Waals surface area contributed by atoms with Crippen LogP contribution in [0.3, 0.4) is 0 Å². The number of primary amides is 1. The average molecular weight is 626 g/mol. The number of benzene rings is 1. The molecule has 0 radical (unpaired) electrons. The van der Waals surface area contributed by atoms with Gasteiger partial charge in [0.2, 0.25) is 11.7 Å². The average Bonchev–Trinajstić information content (AvgIpc) is 2.86. The van der Waals surface area contributed by atoms with Gasteiger partial charge >= 0.3 is 0 Å². The first-order valence-corrected chi connectivity index (χ1v) is 13.4. The summed E-state index contributed by atoms with van der Waals surface area (Å²) in [5.74, 6) is -10.3. The summed E-state index contributed by atoms with van der Waals surface area (Å²) in [4.78, 5) is 52.3. The SMILES string of the molecule is CC1c2ccc(NC(=O)C(Br)CS)c(O)c2C(=O)C2=C(O)C3(O)C(=O)C(C(N)=O)=C(O)[C@@H](N(C)C)C3C(O)C21. The number of anilines is 1. The Balaban J connectivity index is 1.95. The number of carbonyl (C=O) groups excluding carboxylic acids is 4. The summed E-state index contributed by atoms with van der Waals surface area (Å²) in [6.07, 6.45) is -1.69. The molecule has 7 atom stereocenters. The molecule has 1 aromatic carbocycles. The van der Waals surface area contributed by atoms with E-state index < -0.39 is 92.1 Å². The van der Waals surface area contributed by atoms with Crippen LogP contribution in [0.2, 0.25) is 0 Å². The van der Waals surface area contributed by atoms with E-state index in [0.29, 0.717) is 0 Å². The number of aliphatic hydroxyl groups is 4. The van der Waals surface area contributed by atoms with E-state index >= 15 is 0 Å². The molecule has 0 spiro atoms. The Morgan fingerprint density at radius 2 is 1.85 bits per heavy atom. The number of phenolic OH excluding ortho intramolecular Hbond substituents is 1. The zero-order chi connectivity index (χ0) is 29.3. The van der Waals surface area contributed by atoms with Gasteiger partial charge in [0.1, 0.15) is 21.9 Å². The molecule has 3 aliphatic rings. The lowest BCUT2D eigenvalue weighted by atomic mass is 9.55. The second-order valence-electron chi connectivity index (χ2n) is 10.1. The van der Waals surface area contributed by atoms with E-state index in [1.807, 2.05) is 0 Å². The standard InChI is InChI=1S/C25H28BrN3O9S/c1-7-8-4-5-10(28-24(37)9(26)6-39)17(30)12(8)18(31)13-11(7)19(32)15-16(29(2)3)20(33)14(23(27)36)22(35)25(15,38)21(13)34/h4-5,7,9,11,15-16,19,30,32-34,38-39H,6H2,1-3H3,(H2,27,36)(H,28,37)/t7?,9?,11?,15?,16-,19?,25?/m0/s1. The predicted molar refractivity (Wildman–Crippen MR) is 145 cm³/mol. The molecule has 14 heteroatoms. The van der Waals surface area contributed by atoms with Crippen molar-refractivity contribution in [3.05, 3.63) is 45.9 Å². The fraction of sp³-hybridized carbons (Fsp3) is 0.440. The highest BCUT2D eigenvalue weighted by Crippen LogP contribution is 2.56. The van der Waals surface area contributed by atoms with Crippen LogP contribution in [0.25, 0.3) is 0 Å². The molecule has 1 aromatic rings. The largest absolute Gasteiger partial charge is 0.510 e. The van der Waals surface area contributed by atoms with E-state index in [1.54, 1.807) is 6.92 Å². The van der Waals surface area contributed by atoms with Crippen molar-refractivity contribution < 1.29 is 44.7 Å². The highest BCUT2D eigenvalue weighted by Gasteiger charge is 2.67. The quantitative estimate of drug-likeness (QED) is 0.0969. The van der Waals surface area contributed by atoms with E-state index in [-0.39, 0.29) is 22.6 Å². The molecule has 0 saturated heterocycles. The second-order valence-corrected chi connectivity index (χ2v) is 11.6. The Morgan fingerprint density at radius 1 is 1.23 bits per heavy atom. The molecule has 0 heterocycles. The number of nitrogens with two attached hydrogens (primary N) is 1. The van der Waals surface area contributed by atoms with Gasteiger partial charge in [-0.15, -0.1) is 0 Å². The predicted octanol–water partition coefficient (Wildman–Crippen LogP) is 0.284. The minimum absolute atomic E-state index is 0.109. The third-order valence-corrected chi connectivity index (χ3v) is 9.44. The molecule has 0 aliphatic heterocycles. The number of aliphatic hydroxyl groups excluding tert-OH is 3. The van der Waals surface area contributed by atoms with Crippen molar-refractivity contribution >= 4 is 57.6 Å². The number of halogens is 1. The number of rotatable bonds is 5. The van der Waals surface area contributed by atoms with Crippen LogP contribution in [0, 0.1) is 11.8 Å². The van der Waals surface area contributed by atoms with Crippen LogP contribution in [0.1, 0.15) is 28.8 Å². The Morgan fingerprint density at radius 3 is 2.38 bits per heavy atom. The number of fused-ring (bicyclic) bond motifs is 3. The smallest absolute Gasteiger partial charge is 0.255 e. The summed E-state index contributed by atoms with van der Waals surface area (Å²) < 4.78 is 0. The lowest BCUT2D eigenvalue weighted by molar-refractivity contribution is -0.162. The summed E-state index contributed by atoms with van der Waals surface area (Å²) in [7, 11) is 2.92. The molecular weight excluding hydrogens is 598 g/mol. The van der Waals surface area contributed by atoms with Crippen LogP contribution < -0.4 is 11.1 Å². The molecule has 0 aromatic heterocycles. The molecule has 12 nitrogen and oxygen atoms in total. The first-order chi connectivity index (χ1) is 18.1. The molecular formula is C25H28BrN3O9S. The summed E-state index contributed by atoms with van der Waals surface area (Å²) in [6, 6.07) is 1.53. The molecule has 3 aliphatic carbocycles. The number of phenols is 1. The highest BCUT2D eigenvalue weighted by molar-refractivity contribution is 9.10. The van der Waals surface area contributed by atoms with Gasteiger partial charge in [-0.2, -0.15) is 12.6 Å². The summed E-state index contributed by atoms with van der Waals surface area (Å²) in [5, 5.41) is 59.0. The maximum Gasteiger partial charge on any atom is 0.255 e. The molecule has 0 bridgehead atoms. The number of nitrogens with zero attached hydrogens (tertiary/aromatic N) is 1. The molecule has 210 valence electrons. The van der Waals surface area contributed by atoms with Crippen LogP contribution in [0.15, 0.2) is 34.8 Å². The third kappa shape index (κ3) is 3.99. The van der Waals surface area contributed by atoms with E-state index in [2.05, 4.69) is 33.9 Å². The van der Waals surface area contributed by atoms with Gasteiger partial charge in [-0.05, 0) is 31.6 Å². The Hall–Kier alpha value is -2.91. The fourth-order valence-electron chi connectivity index (χ4n) is 6.02. The molecule has 8 N–H and O–H groups in total. The number of hydrogen-bond acceptors (Lipinski definition) is 11. The fourth-order valence-corrected chi connectivity index (χ4v) is 6.30. The number of amides is 2. The molecule has 39 heavy (non-hydrogen) atoms. The summed E-state index contributed by atoms with van der Waals surface area (Å²) >= 11 is 7.17. The number of likely N-dealkylation sites (N-methyl/N-ethyl adjacent to an activating group) is 1. The van der Waals surface area contributed by atoms with Crippen molar-refractivity contribution in [1.82, 2.24) is 4.90 Å². The highest BCUT2D eigenvalue weighted by atomic mass is 79.9. The minimum Gasteiger partial charge on any atom is -0.510 e. The van der Waals surface area contributed by atoms with Crippen molar-refractivity contribution in [2.45, 2.75) is 35.4 Å². The zero-order valence-corrected chi connectivity index (χ0v) is 23.5. The topological polar surface area (TPSA) is 211 Å². The van der Waals surface area contributed by atoms with Crippen LogP contribution in [0.5, 0.6) is 5.75 Å². The number of thiol groups is 1.